The van der Waals surface area contributed by atoms with Crippen LogP contribution in [-0.2, 0) is 16.1 Å². The van der Waals surface area contributed by atoms with Crippen molar-refractivity contribution in [2.75, 3.05) is 0 Å². The Morgan fingerprint density at radius 2 is 1.53 bits per heavy atom. The van der Waals surface area contributed by atoms with Crippen molar-refractivity contribution in [2.24, 2.45) is 17.8 Å². The highest BCUT2D eigenvalue weighted by Crippen LogP contribution is 2.36. The van der Waals surface area contributed by atoms with Crippen LogP contribution < -0.4 is 5.32 Å². The number of hydrogen-bond donors (Lipinski definition) is 1. The smallest absolute Gasteiger partial charge is 0.247 e. The summed E-state index contributed by atoms with van der Waals surface area (Å²) in [7, 11) is 0. The summed E-state index contributed by atoms with van der Waals surface area (Å²) >= 11 is 0. The van der Waals surface area contributed by atoms with Crippen molar-refractivity contribution in [3.05, 3.63) is 71.5 Å². The number of halogens is 1. The molecule has 36 heavy (non-hydrogen) atoms. The van der Waals surface area contributed by atoms with Gasteiger partial charge in [0.25, 0.3) is 0 Å². The van der Waals surface area contributed by atoms with Crippen LogP contribution >= 0.6 is 0 Å². The number of amides is 2. The lowest BCUT2D eigenvalue weighted by Crippen LogP contribution is -2.48. The maximum absolute atomic E-state index is 14.1. The van der Waals surface area contributed by atoms with Crippen molar-refractivity contribution < 1.29 is 14.0 Å². The minimum atomic E-state index is -0.789. The quantitative estimate of drug-likeness (QED) is 0.440. The summed E-state index contributed by atoms with van der Waals surface area (Å²) in [6.07, 6.45) is 9.15. The zero-order valence-corrected chi connectivity index (χ0v) is 21.8. The Hall–Kier alpha value is -2.69. The summed E-state index contributed by atoms with van der Waals surface area (Å²) in [4.78, 5) is 29.8. The molecular formula is C31H41FN2O2. The first-order valence-corrected chi connectivity index (χ1v) is 13.8. The second-order valence-electron chi connectivity index (χ2n) is 11.1. The number of benzene rings is 2. The molecule has 0 aromatic heterocycles. The molecule has 2 saturated carbocycles. The molecule has 0 bridgehead atoms. The highest BCUT2D eigenvalue weighted by atomic mass is 19.1. The highest BCUT2D eigenvalue weighted by Gasteiger charge is 2.37. The molecule has 4 rings (SSSR count). The van der Waals surface area contributed by atoms with Crippen LogP contribution in [0.5, 0.6) is 0 Å². The van der Waals surface area contributed by atoms with E-state index < -0.39 is 6.04 Å². The summed E-state index contributed by atoms with van der Waals surface area (Å²) in [6.45, 7) is 4.87. The Balaban J connectivity index is 1.65. The first-order valence-electron chi connectivity index (χ1n) is 13.8. The van der Waals surface area contributed by atoms with Crippen LogP contribution in [0.15, 0.2) is 54.6 Å². The van der Waals surface area contributed by atoms with Crippen molar-refractivity contribution in [2.45, 2.75) is 90.3 Å². The number of hydrogen-bond acceptors (Lipinski definition) is 2. The number of carbonyl (C=O) groups excluding carboxylic acids is 2. The maximum atomic E-state index is 14.1. The molecule has 1 atom stereocenters. The lowest BCUT2D eigenvalue weighted by Gasteiger charge is -2.38. The van der Waals surface area contributed by atoms with Gasteiger partial charge in [-0.15, -0.1) is 0 Å². The summed E-state index contributed by atoms with van der Waals surface area (Å²) < 4.78 is 13.8. The van der Waals surface area contributed by atoms with E-state index in [0.717, 1.165) is 56.9 Å². The van der Waals surface area contributed by atoms with Gasteiger partial charge in [-0.1, -0.05) is 75.6 Å². The van der Waals surface area contributed by atoms with Crippen molar-refractivity contribution >= 4 is 11.8 Å². The van der Waals surface area contributed by atoms with Crippen LogP contribution in [0, 0.1) is 23.6 Å². The van der Waals surface area contributed by atoms with Gasteiger partial charge in [0.05, 0.1) is 0 Å². The van der Waals surface area contributed by atoms with E-state index in [1.54, 1.807) is 17.0 Å². The summed E-state index contributed by atoms with van der Waals surface area (Å²) in [5, 5.41) is 3.25. The maximum Gasteiger partial charge on any atom is 0.247 e. The third-order valence-corrected chi connectivity index (χ3v) is 8.24. The molecule has 0 spiro atoms. The number of rotatable bonds is 8. The van der Waals surface area contributed by atoms with Gasteiger partial charge in [-0.3, -0.25) is 9.59 Å². The molecule has 4 nitrogen and oxygen atoms in total. The van der Waals surface area contributed by atoms with E-state index in [1.165, 1.54) is 18.6 Å². The van der Waals surface area contributed by atoms with E-state index in [9.17, 15) is 14.0 Å². The molecule has 1 unspecified atom stereocenters. The van der Waals surface area contributed by atoms with Crippen molar-refractivity contribution in [1.82, 2.24) is 10.2 Å². The van der Waals surface area contributed by atoms with Crippen LogP contribution in [0.3, 0.4) is 0 Å². The molecule has 0 radical (unpaired) electrons. The van der Waals surface area contributed by atoms with Gasteiger partial charge in [-0.25, -0.2) is 4.39 Å². The molecule has 2 aromatic carbocycles. The molecule has 2 amide bonds. The monoisotopic (exact) mass is 492 g/mol. The second kappa shape index (κ2) is 12.5. The van der Waals surface area contributed by atoms with Crippen molar-refractivity contribution in [3.63, 3.8) is 0 Å². The standard InChI is InChI=1S/C31H41FN2O2/c1-22(2)24-13-15-26(16-14-24)31(36)34(21-23-9-5-3-6-10-23)29(25-17-19-27(32)20-18-25)30(35)33-28-11-7-4-8-12-28/h3,5-6,9-10,17-20,22,24,26,28-29H,4,7-8,11-16,21H2,1-2H3,(H,33,35). The Morgan fingerprint density at radius 3 is 2.14 bits per heavy atom. The van der Waals surface area contributed by atoms with Gasteiger partial charge in [-0.2, -0.15) is 0 Å². The normalized spacial score (nSPS) is 21.7. The minimum absolute atomic E-state index is 0.0363. The number of nitrogens with one attached hydrogen (secondary N) is 1. The highest BCUT2D eigenvalue weighted by molar-refractivity contribution is 5.89. The largest absolute Gasteiger partial charge is 0.351 e. The SMILES string of the molecule is CC(C)C1CCC(C(=O)N(Cc2ccccc2)C(C(=O)NC2CCCCC2)c2ccc(F)cc2)CC1. The van der Waals surface area contributed by atoms with E-state index >= 15 is 0 Å². The van der Waals surface area contributed by atoms with E-state index in [4.69, 9.17) is 0 Å². The van der Waals surface area contributed by atoms with Gasteiger partial charge < -0.3 is 10.2 Å². The molecule has 2 aliphatic rings. The fourth-order valence-corrected chi connectivity index (χ4v) is 5.99. The topological polar surface area (TPSA) is 49.4 Å². The molecule has 194 valence electrons. The third kappa shape index (κ3) is 6.74. The van der Waals surface area contributed by atoms with Crippen molar-refractivity contribution in [1.29, 1.82) is 0 Å². The van der Waals surface area contributed by atoms with Gasteiger partial charge >= 0.3 is 0 Å². The van der Waals surface area contributed by atoms with Crippen LogP contribution in [0.2, 0.25) is 0 Å². The molecule has 0 heterocycles. The third-order valence-electron chi connectivity index (χ3n) is 8.24. The number of nitrogens with zero attached hydrogens (tertiary/aromatic N) is 1. The van der Waals surface area contributed by atoms with Gasteiger partial charge in [0.15, 0.2) is 0 Å². The predicted octanol–water partition coefficient (Wildman–Crippen LogP) is 6.81. The average Bonchev–Trinajstić information content (AvgIpc) is 2.90. The van der Waals surface area contributed by atoms with Gasteiger partial charge in [-0.05, 0) is 73.6 Å². The summed E-state index contributed by atoms with van der Waals surface area (Å²) in [6, 6.07) is 15.3. The molecule has 0 saturated heterocycles. The summed E-state index contributed by atoms with van der Waals surface area (Å²) in [5.41, 5.74) is 1.64. The minimum Gasteiger partial charge on any atom is -0.351 e. The Labute approximate surface area is 215 Å². The van der Waals surface area contributed by atoms with E-state index in [1.807, 2.05) is 30.3 Å². The molecule has 2 aliphatic carbocycles. The lowest BCUT2D eigenvalue weighted by atomic mass is 9.76. The van der Waals surface area contributed by atoms with Crippen LogP contribution in [-0.4, -0.2) is 22.8 Å². The first-order chi connectivity index (χ1) is 17.4. The zero-order valence-electron chi connectivity index (χ0n) is 21.8. The molecule has 1 N–H and O–H groups in total. The Bertz CT molecular complexity index is 977. The van der Waals surface area contributed by atoms with Gasteiger partial charge in [0.1, 0.15) is 11.9 Å². The molecule has 2 aromatic rings. The van der Waals surface area contributed by atoms with E-state index in [0.29, 0.717) is 23.9 Å². The van der Waals surface area contributed by atoms with Crippen LogP contribution in [0.25, 0.3) is 0 Å². The first kappa shape index (κ1) is 26.4. The average molecular weight is 493 g/mol. The van der Waals surface area contributed by atoms with Crippen LogP contribution in [0.1, 0.15) is 88.8 Å². The molecular weight excluding hydrogens is 451 g/mol. The number of carbonyl (C=O) groups is 2. The fourth-order valence-electron chi connectivity index (χ4n) is 5.99. The molecule has 5 heteroatoms. The predicted molar refractivity (Wildman–Crippen MR) is 141 cm³/mol. The van der Waals surface area contributed by atoms with E-state index in [2.05, 4.69) is 19.2 Å². The zero-order chi connectivity index (χ0) is 25.5. The lowest BCUT2D eigenvalue weighted by molar-refractivity contribution is -0.146. The molecule has 0 aliphatic heterocycles. The summed E-state index contributed by atoms with van der Waals surface area (Å²) in [5.74, 6) is 0.712. The second-order valence-corrected chi connectivity index (χ2v) is 11.1. The van der Waals surface area contributed by atoms with Crippen molar-refractivity contribution in [3.8, 4) is 0 Å². The Kier molecular flexibility index (Phi) is 9.17. The fraction of sp³-hybridized carbons (Fsp3) is 0.548. The van der Waals surface area contributed by atoms with Crippen LogP contribution in [0.4, 0.5) is 4.39 Å². The van der Waals surface area contributed by atoms with Gasteiger partial charge in [0.2, 0.25) is 11.8 Å². The van der Waals surface area contributed by atoms with E-state index in [-0.39, 0.29) is 29.6 Å². The molecule has 2 fully saturated rings. The van der Waals surface area contributed by atoms with Gasteiger partial charge in [0, 0.05) is 18.5 Å². The Morgan fingerprint density at radius 1 is 0.889 bits per heavy atom.